The van der Waals surface area contributed by atoms with Crippen LogP contribution in [-0.2, 0) is 19.9 Å². The number of hydrogen-bond acceptors (Lipinski definition) is 5. The molecule has 2 unspecified atom stereocenters. The van der Waals surface area contributed by atoms with Crippen LogP contribution in [0.4, 0.5) is 0 Å². The minimum absolute atomic E-state index is 0.282. The molecule has 1 aromatic carbocycles. The first-order chi connectivity index (χ1) is 11.0. The molecule has 0 saturated carbocycles. The zero-order chi connectivity index (χ0) is 18.2. The summed E-state index contributed by atoms with van der Waals surface area (Å²) in [5.74, 6) is -1.04. The van der Waals surface area contributed by atoms with E-state index in [1.807, 2.05) is 18.2 Å². The summed E-state index contributed by atoms with van der Waals surface area (Å²) in [6, 6.07) is 8.24. The fourth-order valence-electron chi connectivity index (χ4n) is 2.41. The maximum Gasteiger partial charge on any atom is 0.328 e. The van der Waals surface area contributed by atoms with E-state index in [-0.39, 0.29) is 6.54 Å². The second kappa shape index (κ2) is 6.71. The van der Waals surface area contributed by atoms with E-state index in [9.17, 15) is 4.79 Å². The summed E-state index contributed by atoms with van der Waals surface area (Å²) < 4.78 is 9.11. The van der Waals surface area contributed by atoms with Gasteiger partial charge >= 0.3 is 5.97 Å². The van der Waals surface area contributed by atoms with Crippen molar-refractivity contribution in [1.82, 2.24) is 5.32 Å². The molecule has 132 valence electrons. The lowest BCUT2D eigenvalue weighted by Gasteiger charge is -2.49. The van der Waals surface area contributed by atoms with Crippen molar-refractivity contribution < 1.29 is 14.3 Å². The third kappa shape index (κ3) is 4.14. The largest absolute Gasteiger partial charge is 0.463 e. The van der Waals surface area contributed by atoms with Crippen molar-refractivity contribution in [3.63, 3.8) is 0 Å². The Morgan fingerprint density at radius 3 is 2.25 bits per heavy atom. The van der Waals surface area contributed by atoms with Gasteiger partial charge in [0.2, 0.25) is 5.90 Å². The van der Waals surface area contributed by atoms with E-state index in [0.29, 0.717) is 5.56 Å². The van der Waals surface area contributed by atoms with Gasteiger partial charge in [0, 0.05) is 6.54 Å². The van der Waals surface area contributed by atoms with Crippen LogP contribution >= 0.6 is 34.8 Å². The number of carbonyl (C=O) groups excluding carboxylic acids is 1. The van der Waals surface area contributed by atoms with Gasteiger partial charge in [0.05, 0.1) is 0 Å². The Balaban J connectivity index is 2.35. The van der Waals surface area contributed by atoms with Gasteiger partial charge in [0.25, 0.3) is 3.79 Å². The number of benzene rings is 1. The standard InChI is InChI=1S/C16H19Cl3N2O3/c1-14(2,3)23-12(22)11-15(9-21-11,10-7-5-4-6-8-10)24-13(20)16(17,18)19/h4-8,11,20-21H,9H2,1-3H3. The average molecular weight is 394 g/mol. The van der Waals surface area contributed by atoms with Crippen LogP contribution < -0.4 is 5.32 Å². The third-order valence-corrected chi connectivity index (χ3v) is 4.00. The Morgan fingerprint density at radius 2 is 1.83 bits per heavy atom. The molecule has 5 nitrogen and oxygen atoms in total. The van der Waals surface area contributed by atoms with Crippen LogP contribution in [0.2, 0.25) is 0 Å². The van der Waals surface area contributed by atoms with Crippen LogP contribution in [-0.4, -0.2) is 33.8 Å². The zero-order valence-corrected chi connectivity index (χ0v) is 15.8. The summed E-state index contributed by atoms with van der Waals surface area (Å²) >= 11 is 17.2. The maximum absolute atomic E-state index is 12.5. The first-order valence-corrected chi connectivity index (χ1v) is 8.46. The normalized spacial score (nSPS) is 24.0. The lowest BCUT2D eigenvalue weighted by atomic mass is 9.79. The van der Waals surface area contributed by atoms with Gasteiger partial charge in [0.1, 0.15) is 5.60 Å². The number of rotatable bonds is 3. The van der Waals surface area contributed by atoms with Gasteiger partial charge in [-0.3, -0.25) is 15.5 Å². The summed E-state index contributed by atoms with van der Waals surface area (Å²) in [7, 11) is 0. The second-order valence-corrected chi connectivity index (χ2v) is 8.81. The molecule has 1 heterocycles. The molecule has 0 amide bonds. The number of alkyl halides is 3. The Labute approximate surface area is 156 Å². The first kappa shape index (κ1) is 19.3. The topological polar surface area (TPSA) is 71.4 Å². The number of esters is 1. The molecule has 0 spiro atoms. The smallest absolute Gasteiger partial charge is 0.328 e. The van der Waals surface area contributed by atoms with Crippen LogP contribution in [0.15, 0.2) is 30.3 Å². The molecule has 1 saturated heterocycles. The molecule has 0 aromatic heterocycles. The molecule has 1 aromatic rings. The number of carbonyl (C=O) groups is 1. The Hall–Kier alpha value is -1.01. The summed E-state index contributed by atoms with van der Waals surface area (Å²) in [5, 5.41) is 10.9. The molecule has 0 bridgehead atoms. The predicted molar refractivity (Wildman–Crippen MR) is 94.9 cm³/mol. The van der Waals surface area contributed by atoms with Crippen molar-refractivity contribution in [3.8, 4) is 0 Å². The van der Waals surface area contributed by atoms with Crippen molar-refractivity contribution >= 4 is 46.7 Å². The molecule has 1 aliphatic rings. The van der Waals surface area contributed by atoms with Crippen molar-refractivity contribution in [2.75, 3.05) is 6.54 Å². The lowest BCUT2D eigenvalue weighted by molar-refractivity contribution is -0.173. The van der Waals surface area contributed by atoms with E-state index < -0.39 is 32.9 Å². The van der Waals surface area contributed by atoms with Gasteiger partial charge in [-0.1, -0.05) is 65.1 Å². The van der Waals surface area contributed by atoms with Crippen molar-refractivity contribution in [1.29, 1.82) is 5.41 Å². The number of nitrogens with one attached hydrogen (secondary N) is 2. The van der Waals surface area contributed by atoms with Crippen LogP contribution in [0, 0.1) is 5.41 Å². The summed E-state index contributed by atoms with van der Waals surface area (Å²) in [5.41, 5.74) is -1.12. The minimum atomic E-state index is -2.02. The van der Waals surface area contributed by atoms with E-state index in [4.69, 9.17) is 49.7 Å². The van der Waals surface area contributed by atoms with Gasteiger partial charge < -0.3 is 9.47 Å². The molecule has 24 heavy (non-hydrogen) atoms. The van der Waals surface area contributed by atoms with Crippen molar-refractivity contribution in [2.24, 2.45) is 0 Å². The molecule has 0 aliphatic carbocycles. The van der Waals surface area contributed by atoms with Gasteiger partial charge in [0.15, 0.2) is 11.6 Å². The maximum atomic E-state index is 12.5. The van der Waals surface area contributed by atoms with Gasteiger partial charge in [-0.25, -0.2) is 0 Å². The molecule has 8 heteroatoms. The molecule has 2 rings (SSSR count). The highest BCUT2D eigenvalue weighted by atomic mass is 35.6. The van der Waals surface area contributed by atoms with Gasteiger partial charge in [-0.05, 0) is 26.3 Å². The highest BCUT2D eigenvalue weighted by Gasteiger charge is 2.57. The first-order valence-electron chi connectivity index (χ1n) is 7.32. The number of hydrogen-bond donors (Lipinski definition) is 2. The SMILES string of the molecule is CC(C)(C)OC(=O)C1NCC1(OC(=N)C(Cl)(Cl)Cl)c1ccccc1. The average Bonchev–Trinajstić information content (AvgIpc) is 2.40. The molecule has 2 atom stereocenters. The Kier molecular flexibility index (Phi) is 5.40. The summed E-state index contributed by atoms with van der Waals surface area (Å²) in [6.45, 7) is 5.61. The highest BCUT2D eigenvalue weighted by Crippen LogP contribution is 2.40. The number of halogens is 3. The van der Waals surface area contributed by atoms with E-state index in [1.54, 1.807) is 32.9 Å². The van der Waals surface area contributed by atoms with Crippen LogP contribution in [0.1, 0.15) is 26.3 Å². The molecule has 0 radical (unpaired) electrons. The fraction of sp³-hybridized carbons (Fsp3) is 0.500. The monoisotopic (exact) mass is 392 g/mol. The van der Waals surface area contributed by atoms with Gasteiger partial charge in [-0.15, -0.1) is 0 Å². The quantitative estimate of drug-likeness (QED) is 0.356. The van der Waals surface area contributed by atoms with Crippen LogP contribution in [0.3, 0.4) is 0 Å². The van der Waals surface area contributed by atoms with Gasteiger partial charge in [-0.2, -0.15) is 0 Å². The molecule has 1 fully saturated rings. The second-order valence-electron chi connectivity index (χ2n) is 6.53. The van der Waals surface area contributed by atoms with E-state index >= 15 is 0 Å². The molecule has 1 aliphatic heterocycles. The summed E-state index contributed by atoms with van der Waals surface area (Å²) in [6.07, 6.45) is 0. The molecular formula is C16H19Cl3N2O3. The zero-order valence-electron chi connectivity index (χ0n) is 13.5. The molecule has 2 N–H and O–H groups in total. The fourth-order valence-corrected chi connectivity index (χ4v) is 2.52. The van der Waals surface area contributed by atoms with Crippen molar-refractivity contribution in [3.05, 3.63) is 35.9 Å². The summed E-state index contributed by atoms with van der Waals surface area (Å²) in [4.78, 5) is 12.5. The third-order valence-electron chi connectivity index (χ3n) is 3.48. The van der Waals surface area contributed by atoms with Crippen molar-refractivity contribution in [2.45, 2.75) is 41.8 Å². The van der Waals surface area contributed by atoms with E-state index in [0.717, 1.165) is 0 Å². The number of ether oxygens (including phenoxy) is 2. The van der Waals surface area contributed by atoms with E-state index in [1.165, 1.54) is 0 Å². The minimum Gasteiger partial charge on any atom is -0.463 e. The molecular weight excluding hydrogens is 375 g/mol. The van der Waals surface area contributed by atoms with E-state index in [2.05, 4.69) is 5.32 Å². The Morgan fingerprint density at radius 1 is 1.25 bits per heavy atom. The predicted octanol–water partition coefficient (Wildman–Crippen LogP) is 3.56. The van der Waals surface area contributed by atoms with Crippen LogP contribution in [0.5, 0.6) is 0 Å². The van der Waals surface area contributed by atoms with Crippen LogP contribution in [0.25, 0.3) is 0 Å². The lowest BCUT2D eigenvalue weighted by Crippen LogP contribution is -2.71. The highest BCUT2D eigenvalue weighted by molar-refractivity contribution is 6.76. The Bertz CT molecular complexity index is 626.